The van der Waals surface area contributed by atoms with E-state index in [1.807, 2.05) is 30.3 Å². The van der Waals surface area contributed by atoms with Crippen molar-refractivity contribution in [3.8, 4) is 0 Å². The SMILES string of the molecule is O=[N+]([O-])c1ccc2c(C=Nc3ccccc3)c[nH]c2c1. The second-order valence-corrected chi connectivity index (χ2v) is 4.32. The monoisotopic (exact) mass is 265 g/mol. The van der Waals surface area contributed by atoms with Crippen molar-refractivity contribution >= 4 is 28.5 Å². The van der Waals surface area contributed by atoms with Gasteiger partial charge in [-0.3, -0.25) is 15.1 Å². The zero-order chi connectivity index (χ0) is 13.9. The van der Waals surface area contributed by atoms with Crippen LogP contribution in [0.5, 0.6) is 0 Å². The number of aromatic amines is 1. The lowest BCUT2D eigenvalue weighted by atomic mass is 10.2. The molecule has 20 heavy (non-hydrogen) atoms. The summed E-state index contributed by atoms with van der Waals surface area (Å²) in [7, 11) is 0. The van der Waals surface area contributed by atoms with Gasteiger partial charge >= 0.3 is 0 Å². The predicted octanol–water partition coefficient (Wildman–Crippen LogP) is 3.83. The summed E-state index contributed by atoms with van der Waals surface area (Å²) in [5.41, 5.74) is 2.57. The smallest absolute Gasteiger partial charge is 0.271 e. The van der Waals surface area contributed by atoms with E-state index in [1.165, 1.54) is 12.1 Å². The molecule has 0 aliphatic heterocycles. The molecule has 0 saturated carbocycles. The Morgan fingerprint density at radius 2 is 1.95 bits per heavy atom. The number of aliphatic imine (C=N–C) groups is 1. The summed E-state index contributed by atoms with van der Waals surface area (Å²) in [4.78, 5) is 17.7. The third kappa shape index (κ3) is 2.29. The molecule has 1 heterocycles. The molecule has 1 N–H and O–H groups in total. The number of H-pyrrole nitrogens is 1. The first kappa shape index (κ1) is 12.1. The minimum Gasteiger partial charge on any atom is -0.360 e. The first-order valence-electron chi connectivity index (χ1n) is 6.09. The average molecular weight is 265 g/mol. The first-order valence-corrected chi connectivity index (χ1v) is 6.09. The number of nitro groups is 1. The minimum absolute atomic E-state index is 0.0749. The Balaban J connectivity index is 1.97. The van der Waals surface area contributed by atoms with E-state index in [2.05, 4.69) is 9.98 Å². The molecule has 3 rings (SSSR count). The van der Waals surface area contributed by atoms with Crippen molar-refractivity contribution in [2.45, 2.75) is 0 Å². The van der Waals surface area contributed by atoms with E-state index < -0.39 is 4.92 Å². The molecule has 0 aliphatic carbocycles. The van der Waals surface area contributed by atoms with Crippen LogP contribution in [0.2, 0.25) is 0 Å². The normalized spacial score (nSPS) is 11.2. The Morgan fingerprint density at radius 1 is 1.15 bits per heavy atom. The van der Waals surface area contributed by atoms with Crippen LogP contribution in [0.4, 0.5) is 11.4 Å². The number of hydrogen-bond donors (Lipinski definition) is 1. The number of nitro benzene ring substituents is 1. The molecule has 0 bridgehead atoms. The van der Waals surface area contributed by atoms with Gasteiger partial charge in [-0.15, -0.1) is 0 Å². The maximum absolute atomic E-state index is 10.7. The van der Waals surface area contributed by atoms with Gasteiger partial charge in [-0.25, -0.2) is 0 Å². The molecule has 0 unspecified atom stereocenters. The lowest BCUT2D eigenvalue weighted by Gasteiger charge is -1.94. The third-order valence-electron chi connectivity index (χ3n) is 3.02. The largest absolute Gasteiger partial charge is 0.360 e. The number of para-hydroxylation sites is 1. The fourth-order valence-corrected chi connectivity index (χ4v) is 2.02. The number of rotatable bonds is 3. The molecule has 0 fully saturated rings. The van der Waals surface area contributed by atoms with Gasteiger partial charge in [0.05, 0.1) is 16.1 Å². The first-order chi connectivity index (χ1) is 9.74. The summed E-state index contributed by atoms with van der Waals surface area (Å²) in [5, 5.41) is 11.6. The number of benzene rings is 2. The summed E-state index contributed by atoms with van der Waals surface area (Å²) < 4.78 is 0. The van der Waals surface area contributed by atoms with Gasteiger partial charge in [-0.05, 0) is 18.2 Å². The molecule has 3 aromatic rings. The predicted molar refractivity (Wildman–Crippen MR) is 78.6 cm³/mol. The highest BCUT2D eigenvalue weighted by molar-refractivity contribution is 6.00. The molecule has 0 amide bonds. The van der Waals surface area contributed by atoms with Gasteiger partial charge in [0, 0.05) is 35.5 Å². The number of non-ortho nitro benzene ring substituents is 1. The molecule has 2 aromatic carbocycles. The van der Waals surface area contributed by atoms with Crippen molar-refractivity contribution in [3.05, 3.63) is 70.4 Å². The highest BCUT2D eigenvalue weighted by Gasteiger charge is 2.08. The summed E-state index contributed by atoms with van der Waals surface area (Å²) in [5.74, 6) is 0. The van der Waals surface area contributed by atoms with E-state index >= 15 is 0 Å². The van der Waals surface area contributed by atoms with Gasteiger partial charge < -0.3 is 4.98 Å². The molecule has 5 heteroatoms. The van der Waals surface area contributed by atoms with Crippen LogP contribution in [0.3, 0.4) is 0 Å². The van der Waals surface area contributed by atoms with Crippen LogP contribution in [0, 0.1) is 10.1 Å². The van der Waals surface area contributed by atoms with Crippen LogP contribution in [0.1, 0.15) is 5.56 Å². The van der Waals surface area contributed by atoms with Gasteiger partial charge in [-0.2, -0.15) is 0 Å². The number of hydrogen-bond acceptors (Lipinski definition) is 3. The van der Waals surface area contributed by atoms with Crippen LogP contribution in [-0.4, -0.2) is 16.1 Å². The molecule has 0 saturated heterocycles. The Labute approximate surface area is 114 Å². The molecular formula is C15H11N3O2. The van der Waals surface area contributed by atoms with Crippen molar-refractivity contribution in [1.82, 2.24) is 4.98 Å². The lowest BCUT2D eigenvalue weighted by Crippen LogP contribution is -1.87. The van der Waals surface area contributed by atoms with Crippen LogP contribution in [0.25, 0.3) is 10.9 Å². The molecule has 0 aliphatic rings. The molecule has 5 nitrogen and oxygen atoms in total. The number of fused-ring (bicyclic) bond motifs is 1. The van der Waals surface area contributed by atoms with Crippen LogP contribution in [-0.2, 0) is 0 Å². The van der Waals surface area contributed by atoms with Crippen LogP contribution in [0.15, 0.2) is 59.7 Å². The minimum atomic E-state index is -0.405. The van der Waals surface area contributed by atoms with Crippen LogP contribution >= 0.6 is 0 Å². The van der Waals surface area contributed by atoms with Crippen molar-refractivity contribution in [2.24, 2.45) is 4.99 Å². The van der Waals surface area contributed by atoms with E-state index in [-0.39, 0.29) is 5.69 Å². The van der Waals surface area contributed by atoms with E-state index in [0.717, 1.165) is 22.2 Å². The topological polar surface area (TPSA) is 71.3 Å². The zero-order valence-electron chi connectivity index (χ0n) is 10.5. The average Bonchev–Trinajstić information content (AvgIpc) is 2.88. The van der Waals surface area contributed by atoms with Crippen molar-refractivity contribution in [3.63, 3.8) is 0 Å². The summed E-state index contributed by atoms with van der Waals surface area (Å²) >= 11 is 0. The number of nitrogens with zero attached hydrogens (tertiary/aromatic N) is 2. The van der Waals surface area contributed by atoms with E-state index in [0.29, 0.717) is 0 Å². The maximum atomic E-state index is 10.7. The van der Waals surface area contributed by atoms with E-state index in [4.69, 9.17) is 0 Å². The molecule has 0 spiro atoms. The second-order valence-electron chi connectivity index (χ2n) is 4.32. The Kier molecular flexibility index (Phi) is 3.01. The van der Waals surface area contributed by atoms with Crippen molar-refractivity contribution < 1.29 is 4.92 Å². The fourth-order valence-electron chi connectivity index (χ4n) is 2.02. The standard InChI is InChI=1S/C15H11N3O2/c19-18(20)13-6-7-14-11(10-17-15(14)8-13)9-16-12-4-2-1-3-5-12/h1-10,17H. The molecule has 0 radical (unpaired) electrons. The Morgan fingerprint density at radius 3 is 2.70 bits per heavy atom. The van der Waals surface area contributed by atoms with Gasteiger partial charge in [0.25, 0.3) is 5.69 Å². The lowest BCUT2D eigenvalue weighted by molar-refractivity contribution is -0.384. The highest BCUT2D eigenvalue weighted by atomic mass is 16.6. The Hall–Kier alpha value is -2.95. The summed E-state index contributed by atoms with van der Waals surface area (Å²) in [6.07, 6.45) is 3.54. The van der Waals surface area contributed by atoms with Gasteiger partial charge in [0.2, 0.25) is 0 Å². The summed E-state index contributed by atoms with van der Waals surface area (Å²) in [6.45, 7) is 0. The molecule has 0 atom stereocenters. The highest BCUT2D eigenvalue weighted by Crippen LogP contribution is 2.22. The van der Waals surface area contributed by atoms with Crippen molar-refractivity contribution in [2.75, 3.05) is 0 Å². The fraction of sp³-hybridized carbons (Fsp3) is 0. The molecule has 98 valence electrons. The molecular weight excluding hydrogens is 254 g/mol. The maximum Gasteiger partial charge on any atom is 0.271 e. The summed E-state index contributed by atoms with van der Waals surface area (Å²) in [6, 6.07) is 14.4. The van der Waals surface area contributed by atoms with Gasteiger partial charge in [0.15, 0.2) is 0 Å². The molecule has 1 aromatic heterocycles. The number of aromatic nitrogens is 1. The number of nitrogens with one attached hydrogen (secondary N) is 1. The van der Waals surface area contributed by atoms with Crippen molar-refractivity contribution in [1.29, 1.82) is 0 Å². The van der Waals surface area contributed by atoms with Gasteiger partial charge in [0.1, 0.15) is 0 Å². The quantitative estimate of drug-likeness (QED) is 0.444. The Bertz CT molecular complexity index is 791. The van der Waals surface area contributed by atoms with E-state index in [1.54, 1.807) is 18.5 Å². The van der Waals surface area contributed by atoms with Gasteiger partial charge in [-0.1, -0.05) is 18.2 Å². The zero-order valence-corrected chi connectivity index (χ0v) is 10.5. The van der Waals surface area contributed by atoms with E-state index in [9.17, 15) is 10.1 Å². The van der Waals surface area contributed by atoms with Crippen LogP contribution < -0.4 is 0 Å². The third-order valence-corrected chi connectivity index (χ3v) is 3.02. The second kappa shape index (κ2) is 4.97.